The number of benzene rings is 1. The molecule has 3 heteroatoms. The van der Waals surface area contributed by atoms with Crippen molar-refractivity contribution in [1.29, 1.82) is 0 Å². The second kappa shape index (κ2) is 7.82. The van der Waals surface area contributed by atoms with Gasteiger partial charge in [-0.2, -0.15) is 0 Å². The third-order valence-electron chi connectivity index (χ3n) is 2.63. The Morgan fingerprint density at radius 3 is 2.75 bits per heavy atom. The maximum absolute atomic E-state index is 8.64. The fourth-order valence-corrected chi connectivity index (χ4v) is 2.09. The summed E-state index contributed by atoms with van der Waals surface area (Å²) in [6.07, 6.45) is 3.15. The molecule has 1 aromatic rings. The van der Waals surface area contributed by atoms with Gasteiger partial charge in [-0.1, -0.05) is 22.0 Å². The number of hydrogen-bond acceptors (Lipinski definition) is 2. The lowest BCUT2D eigenvalue weighted by molar-refractivity contribution is 0.283. The van der Waals surface area contributed by atoms with Crippen LogP contribution in [-0.2, 0) is 6.54 Å². The van der Waals surface area contributed by atoms with E-state index in [9.17, 15) is 0 Å². The molecule has 0 spiro atoms. The zero-order valence-corrected chi connectivity index (χ0v) is 11.4. The van der Waals surface area contributed by atoms with Gasteiger partial charge in [0.25, 0.3) is 0 Å². The van der Waals surface area contributed by atoms with Gasteiger partial charge in [-0.3, -0.25) is 0 Å². The number of aliphatic hydroxyl groups is 1. The summed E-state index contributed by atoms with van der Waals surface area (Å²) in [5, 5.41) is 12.1. The molecule has 0 aliphatic rings. The third kappa shape index (κ3) is 5.10. The Kier molecular flexibility index (Phi) is 6.69. The van der Waals surface area contributed by atoms with Crippen LogP contribution in [0.1, 0.15) is 30.4 Å². The maximum atomic E-state index is 8.64. The zero-order chi connectivity index (χ0) is 11.8. The lowest BCUT2D eigenvalue weighted by Crippen LogP contribution is -2.15. The molecular formula is C13H20BrNO. The predicted octanol–water partition coefficient (Wildman–Crippen LogP) is 3.01. The summed E-state index contributed by atoms with van der Waals surface area (Å²) in [5.41, 5.74) is 2.67. The van der Waals surface area contributed by atoms with E-state index in [0.717, 1.165) is 36.8 Å². The summed E-state index contributed by atoms with van der Waals surface area (Å²) >= 11 is 3.46. The van der Waals surface area contributed by atoms with E-state index in [-0.39, 0.29) is 0 Å². The van der Waals surface area contributed by atoms with Crippen LogP contribution in [0.15, 0.2) is 22.7 Å². The van der Waals surface area contributed by atoms with Crippen LogP contribution in [0.3, 0.4) is 0 Å². The Hall–Kier alpha value is -0.380. The number of rotatable bonds is 7. The van der Waals surface area contributed by atoms with Crippen LogP contribution in [0.2, 0.25) is 0 Å². The van der Waals surface area contributed by atoms with Crippen molar-refractivity contribution in [2.45, 2.75) is 32.7 Å². The monoisotopic (exact) mass is 285 g/mol. The second-order valence-electron chi connectivity index (χ2n) is 4.03. The van der Waals surface area contributed by atoms with Crippen LogP contribution < -0.4 is 5.32 Å². The average molecular weight is 286 g/mol. The highest BCUT2D eigenvalue weighted by atomic mass is 79.9. The minimum absolute atomic E-state index is 0.311. The van der Waals surface area contributed by atoms with Gasteiger partial charge in [-0.15, -0.1) is 0 Å². The minimum atomic E-state index is 0.311. The van der Waals surface area contributed by atoms with E-state index >= 15 is 0 Å². The van der Waals surface area contributed by atoms with Gasteiger partial charge in [0.15, 0.2) is 0 Å². The second-order valence-corrected chi connectivity index (χ2v) is 4.95. The highest BCUT2D eigenvalue weighted by Gasteiger charge is 1.98. The van der Waals surface area contributed by atoms with Crippen molar-refractivity contribution in [1.82, 2.24) is 5.32 Å². The van der Waals surface area contributed by atoms with Crippen LogP contribution in [0.4, 0.5) is 0 Å². The number of halogens is 1. The minimum Gasteiger partial charge on any atom is -0.396 e. The Labute approximate surface area is 106 Å². The van der Waals surface area contributed by atoms with Crippen molar-refractivity contribution >= 4 is 15.9 Å². The van der Waals surface area contributed by atoms with Gasteiger partial charge in [-0.25, -0.2) is 0 Å². The molecule has 0 unspecified atom stereocenters. The largest absolute Gasteiger partial charge is 0.396 e. The zero-order valence-electron chi connectivity index (χ0n) is 9.80. The first-order valence-electron chi connectivity index (χ1n) is 5.80. The van der Waals surface area contributed by atoms with Crippen molar-refractivity contribution in [3.8, 4) is 0 Å². The number of unbranched alkanes of at least 4 members (excludes halogenated alkanes) is 2. The molecule has 2 N–H and O–H groups in total. The molecule has 2 nitrogen and oxygen atoms in total. The van der Waals surface area contributed by atoms with Crippen molar-refractivity contribution in [2.75, 3.05) is 13.2 Å². The lowest BCUT2D eigenvalue weighted by atomic mass is 10.1. The van der Waals surface area contributed by atoms with Gasteiger partial charge in [0.2, 0.25) is 0 Å². The van der Waals surface area contributed by atoms with Crippen LogP contribution in [-0.4, -0.2) is 18.3 Å². The topological polar surface area (TPSA) is 32.3 Å². The molecule has 1 rings (SSSR count). The first-order chi connectivity index (χ1) is 7.74. The Bertz CT molecular complexity index is 315. The molecule has 0 saturated heterocycles. The van der Waals surface area contributed by atoms with Crippen LogP contribution in [0.5, 0.6) is 0 Å². The summed E-state index contributed by atoms with van der Waals surface area (Å²) in [6, 6.07) is 6.37. The molecule has 0 fully saturated rings. The van der Waals surface area contributed by atoms with Gasteiger partial charge in [0.1, 0.15) is 0 Å². The quantitative estimate of drug-likeness (QED) is 0.755. The Morgan fingerprint density at radius 1 is 1.25 bits per heavy atom. The van der Waals surface area contributed by atoms with E-state index in [0.29, 0.717) is 6.61 Å². The summed E-state index contributed by atoms with van der Waals surface area (Å²) < 4.78 is 1.14. The summed E-state index contributed by atoms with van der Waals surface area (Å²) in [5.74, 6) is 0. The van der Waals surface area contributed by atoms with E-state index in [1.165, 1.54) is 11.1 Å². The van der Waals surface area contributed by atoms with Gasteiger partial charge in [0, 0.05) is 17.6 Å². The van der Waals surface area contributed by atoms with Gasteiger partial charge in [0.05, 0.1) is 0 Å². The summed E-state index contributed by atoms with van der Waals surface area (Å²) in [4.78, 5) is 0. The van der Waals surface area contributed by atoms with Crippen molar-refractivity contribution in [2.24, 2.45) is 0 Å². The van der Waals surface area contributed by atoms with Crippen molar-refractivity contribution in [3.05, 3.63) is 33.8 Å². The van der Waals surface area contributed by atoms with E-state index in [1.807, 2.05) is 0 Å². The number of nitrogens with one attached hydrogen (secondary N) is 1. The molecular weight excluding hydrogens is 266 g/mol. The van der Waals surface area contributed by atoms with Crippen LogP contribution in [0.25, 0.3) is 0 Å². The lowest BCUT2D eigenvalue weighted by Gasteiger charge is -2.08. The molecule has 1 aromatic carbocycles. The summed E-state index contributed by atoms with van der Waals surface area (Å²) in [6.45, 7) is 4.40. The summed E-state index contributed by atoms with van der Waals surface area (Å²) in [7, 11) is 0. The van der Waals surface area contributed by atoms with Crippen molar-refractivity contribution in [3.63, 3.8) is 0 Å². The molecule has 90 valence electrons. The van der Waals surface area contributed by atoms with Crippen LogP contribution >= 0.6 is 15.9 Å². The van der Waals surface area contributed by atoms with E-state index in [1.54, 1.807) is 0 Å². The molecule has 0 atom stereocenters. The highest BCUT2D eigenvalue weighted by molar-refractivity contribution is 9.10. The first kappa shape index (κ1) is 13.7. The number of aryl methyl sites for hydroxylation is 1. The maximum Gasteiger partial charge on any atom is 0.0431 e. The molecule has 0 heterocycles. The average Bonchev–Trinajstić information content (AvgIpc) is 2.26. The normalized spacial score (nSPS) is 10.7. The predicted molar refractivity (Wildman–Crippen MR) is 71.5 cm³/mol. The Morgan fingerprint density at radius 2 is 2.06 bits per heavy atom. The third-order valence-corrected chi connectivity index (χ3v) is 3.13. The fourth-order valence-electron chi connectivity index (χ4n) is 1.62. The molecule has 0 bridgehead atoms. The smallest absolute Gasteiger partial charge is 0.0431 e. The SMILES string of the molecule is Cc1cc(Br)ccc1CNCCCCCO. The molecule has 0 aliphatic heterocycles. The van der Waals surface area contributed by atoms with E-state index in [2.05, 4.69) is 46.4 Å². The number of hydrogen-bond donors (Lipinski definition) is 2. The van der Waals surface area contributed by atoms with E-state index < -0.39 is 0 Å². The fraction of sp³-hybridized carbons (Fsp3) is 0.538. The molecule has 0 saturated carbocycles. The molecule has 0 aromatic heterocycles. The molecule has 16 heavy (non-hydrogen) atoms. The molecule has 0 aliphatic carbocycles. The van der Waals surface area contributed by atoms with Crippen molar-refractivity contribution < 1.29 is 5.11 Å². The Balaban J connectivity index is 2.21. The van der Waals surface area contributed by atoms with Gasteiger partial charge in [-0.05, 0) is 56.0 Å². The first-order valence-corrected chi connectivity index (χ1v) is 6.60. The van der Waals surface area contributed by atoms with Crippen LogP contribution in [0, 0.1) is 6.92 Å². The molecule has 0 radical (unpaired) electrons. The van der Waals surface area contributed by atoms with Gasteiger partial charge < -0.3 is 10.4 Å². The van der Waals surface area contributed by atoms with E-state index in [4.69, 9.17) is 5.11 Å². The molecule has 0 amide bonds. The standard InChI is InChI=1S/C13H20BrNO/c1-11-9-13(14)6-5-12(11)10-15-7-3-2-4-8-16/h5-6,9,15-16H,2-4,7-8,10H2,1H3. The number of aliphatic hydroxyl groups excluding tert-OH is 1. The van der Waals surface area contributed by atoms with Gasteiger partial charge >= 0.3 is 0 Å². The highest BCUT2D eigenvalue weighted by Crippen LogP contribution is 2.15.